The summed E-state index contributed by atoms with van der Waals surface area (Å²) in [7, 11) is 0. The first kappa shape index (κ1) is 18.6. The molecular weight excluding hydrogens is 368 g/mol. The molecule has 1 aliphatic rings. The number of amides is 1. The van der Waals surface area contributed by atoms with E-state index < -0.39 is 0 Å². The molecule has 4 rings (SSSR count). The lowest BCUT2D eigenvalue weighted by atomic mass is 9.90. The zero-order valence-electron chi connectivity index (χ0n) is 15.8. The molecule has 2 aromatic heterocycles. The van der Waals surface area contributed by atoms with Gasteiger partial charge in [0.25, 0.3) is 5.91 Å². The van der Waals surface area contributed by atoms with Crippen LogP contribution in [0.15, 0.2) is 60.0 Å². The summed E-state index contributed by atoms with van der Waals surface area (Å²) in [6, 6.07) is 18.4. The molecule has 0 spiro atoms. The molecule has 0 bridgehead atoms. The van der Waals surface area contributed by atoms with Crippen LogP contribution in [-0.4, -0.2) is 29.2 Å². The van der Waals surface area contributed by atoms with Crippen LogP contribution in [-0.2, 0) is 13.0 Å². The molecular formula is C22H24N4OS. The summed E-state index contributed by atoms with van der Waals surface area (Å²) in [6.07, 6.45) is 3.45. The summed E-state index contributed by atoms with van der Waals surface area (Å²) in [5.74, 6) is 1.39. The molecule has 0 atom stereocenters. The number of nitrogens with zero attached hydrogens (tertiary/aromatic N) is 3. The van der Waals surface area contributed by atoms with Crippen molar-refractivity contribution in [1.29, 1.82) is 0 Å². The van der Waals surface area contributed by atoms with Crippen LogP contribution >= 0.6 is 11.3 Å². The molecule has 28 heavy (non-hydrogen) atoms. The van der Waals surface area contributed by atoms with E-state index in [9.17, 15) is 4.79 Å². The third-order valence-corrected chi connectivity index (χ3v) is 6.07. The van der Waals surface area contributed by atoms with Crippen LogP contribution in [0.4, 0.5) is 5.82 Å². The maximum absolute atomic E-state index is 12.2. The maximum Gasteiger partial charge on any atom is 0.272 e. The molecule has 1 saturated heterocycles. The second kappa shape index (κ2) is 8.97. The molecule has 5 nitrogen and oxygen atoms in total. The molecule has 0 aliphatic carbocycles. The third kappa shape index (κ3) is 4.75. The van der Waals surface area contributed by atoms with E-state index >= 15 is 0 Å². The van der Waals surface area contributed by atoms with Gasteiger partial charge in [-0.3, -0.25) is 4.79 Å². The number of anilines is 1. The number of piperidine rings is 1. The first-order valence-corrected chi connectivity index (χ1v) is 10.6. The van der Waals surface area contributed by atoms with Crippen LogP contribution in [0.3, 0.4) is 0 Å². The van der Waals surface area contributed by atoms with E-state index in [-0.39, 0.29) is 5.91 Å². The Morgan fingerprint density at radius 3 is 2.54 bits per heavy atom. The highest BCUT2D eigenvalue weighted by molar-refractivity contribution is 7.09. The Balaban J connectivity index is 1.28. The minimum atomic E-state index is -0.186. The Morgan fingerprint density at radius 1 is 1.04 bits per heavy atom. The van der Waals surface area contributed by atoms with Gasteiger partial charge < -0.3 is 10.2 Å². The van der Waals surface area contributed by atoms with Crippen LogP contribution in [0.5, 0.6) is 0 Å². The topological polar surface area (TPSA) is 58.1 Å². The van der Waals surface area contributed by atoms with Crippen molar-refractivity contribution >= 4 is 23.1 Å². The molecule has 1 fully saturated rings. The second-order valence-electron chi connectivity index (χ2n) is 7.16. The monoisotopic (exact) mass is 392 g/mol. The summed E-state index contributed by atoms with van der Waals surface area (Å²) < 4.78 is 0. The fraction of sp³-hybridized carbons (Fsp3) is 0.318. The number of aromatic nitrogens is 2. The SMILES string of the molecule is O=C(NCc1cccs1)c1ccc(N2CCC(Cc3ccccc3)CC2)nn1. The Bertz CT molecular complexity index is 873. The van der Waals surface area contributed by atoms with Crippen molar-refractivity contribution in [3.05, 3.63) is 76.1 Å². The molecule has 1 aromatic carbocycles. The average molecular weight is 393 g/mol. The van der Waals surface area contributed by atoms with Crippen LogP contribution < -0.4 is 10.2 Å². The highest BCUT2D eigenvalue weighted by Gasteiger charge is 2.21. The number of hydrogen-bond acceptors (Lipinski definition) is 5. The fourth-order valence-electron chi connectivity index (χ4n) is 3.60. The Kier molecular flexibility index (Phi) is 5.97. The summed E-state index contributed by atoms with van der Waals surface area (Å²) in [5, 5.41) is 13.3. The zero-order valence-corrected chi connectivity index (χ0v) is 16.6. The van der Waals surface area contributed by atoms with Gasteiger partial charge >= 0.3 is 0 Å². The van der Waals surface area contributed by atoms with Crippen molar-refractivity contribution in [3.63, 3.8) is 0 Å². The fourth-order valence-corrected chi connectivity index (χ4v) is 4.24. The average Bonchev–Trinajstić information content (AvgIpc) is 3.27. The lowest BCUT2D eigenvalue weighted by Gasteiger charge is -2.32. The summed E-state index contributed by atoms with van der Waals surface area (Å²) in [4.78, 5) is 15.6. The van der Waals surface area contributed by atoms with E-state index in [1.54, 1.807) is 17.4 Å². The van der Waals surface area contributed by atoms with Gasteiger partial charge in [-0.1, -0.05) is 36.4 Å². The van der Waals surface area contributed by atoms with E-state index in [0.29, 0.717) is 18.2 Å². The van der Waals surface area contributed by atoms with Gasteiger partial charge in [0.2, 0.25) is 0 Å². The molecule has 6 heteroatoms. The first-order chi connectivity index (χ1) is 13.8. The molecule has 1 amide bonds. The zero-order chi connectivity index (χ0) is 19.2. The van der Waals surface area contributed by atoms with Crippen molar-refractivity contribution in [1.82, 2.24) is 15.5 Å². The van der Waals surface area contributed by atoms with Crippen molar-refractivity contribution in [2.75, 3.05) is 18.0 Å². The van der Waals surface area contributed by atoms with Crippen LogP contribution in [0.25, 0.3) is 0 Å². The largest absolute Gasteiger partial charge is 0.355 e. The van der Waals surface area contributed by atoms with Crippen molar-refractivity contribution in [2.45, 2.75) is 25.8 Å². The van der Waals surface area contributed by atoms with Gasteiger partial charge in [0.1, 0.15) is 0 Å². The number of thiophene rings is 1. The second-order valence-corrected chi connectivity index (χ2v) is 8.19. The summed E-state index contributed by atoms with van der Waals surface area (Å²) in [6.45, 7) is 2.49. The van der Waals surface area contributed by atoms with Gasteiger partial charge in [0, 0.05) is 18.0 Å². The van der Waals surface area contributed by atoms with Crippen LogP contribution in [0, 0.1) is 5.92 Å². The number of carbonyl (C=O) groups is 1. The smallest absolute Gasteiger partial charge is 0.272 e. The lowest BCUT2D eigenvalue weighted by molar-refractivity contribution is 0.0945. The van der Waals surface area contributed by atoms with Gasteiger partial charge in [-0.2, -0.15) is 0 Å². The highest BCUT2D eigenvalue weighted by Crippen LogP contribution is 2.24. The Morgan fingerprint density at radius 2 is 1.86 bits per heavy atom. The van der Waals surface area contributed by atoms with E-state index in [2.05, 4.69) is 50.7 Å². The normalized spacial score (nSPS) is 14.8. The van der Waals surface area contributed by atoms with E-state index in [4.69, 9.17) is 0 Å². The minimum Gasteiger partial charge on any atom is -0.355 e. The van der Waals surface area contributed by atoms with Gasteiger partial charge in [0.05, 0.1) is 6.54 Å². The van der Waals surface area contributed by atoms with E-state index in [1.807, 2.05) is 23.6 Å². The molecule has 0 radical (unpaired) electrons. The molecule has 144 valence electrons. The number of carbonyl (C=O) groups excluding carboxylic acids is 1. The highest BCUT2D eigenvalue weighted by atomic mass is 32.1. The maximum atomic E-state index is 12.2. The molecule has 1 N–H and O–H groups in total. The standard InChI is InChI=1S/C22H24N4OS/c27-22(23-16-19-7-4-14-28-19)20-8-9-21(25-24-20)26-12-10-18(11-13-26)15-17-5-2-1-3-6-17/h1-9,14,18H,10-13,15-16H2,(H,23,27). The summed E-state index contributed by atoms with van der Waals surface area (Å²) in [5.41, 5.74) is 1.78. The van der Waals surface area contributed by atoms with Crippen LogP contribution in [0.1, 0.15) is 33.8 Å². The van der Waals surface area contributed by atoms with Crippen molar-refractivity contribution < 1.29 is 4.79 Å². The van der Waals surface area contributed by atoms with Gasteiger partial charge in [-0.25, -0.2) is 0 Å². The number of nitrogens with one attached hydrogen (secondary N) is 1. The van der Waals surface area contributed by atoms with Gasteiger partial charge in [-0.15, -0.1) is 21.5 Å². The van der Waals surface area contributed by atoms with Gasteiger partial charge in [-0.05, 0) is 54.3 Å². The molecule has 3 aromatic rings. The van der Waals surface area contributed by atoms with Crippen molar-refractivity contribution in [2.24, 2.45) is 5.92 Å². The number of benzene rings is 1. The predicted octanol–water partition coefficient (Wildman–Crippen LogP) is 3.93. The molecule has 0 unspecified atom stereocenters. The van der Waals surface area contributed by atoms with Crippen molar-refractivity contribution in [3.8, 4) is 0 Å². The van der Waals surface area contributed by atoms with E-state index in [1.165, 1.54) is 5.56 Å². The predicted molar refractivity (Wildman–Crippen MR) is 113 cm³/mol. The Labute approximate surface area is 169 Å². The molecule has 3 heterocycles. The van der Waals surface area contributed by atoms with Gasteiger partial charge in [0.15, 0.2) is 11.5 Å². The first-order valence-electron chi connectivity index (χ1n) is 9.71. The molecule has 1 aliphatic heterocycles. The third-order valence-electron chi connectivity index (χ3n) is 5.19. The minimum absolute atomic E-state index is 0.186. The number of rotatable bonds is 6. The Hall–Kier alpha value is -2.73. The quantitative estimate of drug-likeness (QED) is 0.691. The number of hydrogen-bond donors (Lipinski definition) is 1. The molecule has 0 saturated carbocycles. The summed E-state index contributed by atoms with van der Waals surface area (Å²) >= 11 is 1.62. The van der Waals surface area contributed by atoms with E-state index in [0.717, 1.165) is 43.0 Å². The van der Waals surface area contributed by atoms with Crippen LogP contribution in [0.2, 0.25) is 0 Å². The lowest BCUT2D eigenvalue weighted by Crippen LogP contribution is -2.35.